The third-order valence-corrected chi connectivity index (χ3v) is 2.92. The third-order valence-electron chi connectivity index (χ3n) is 2.41. The van der Waals surface area contributed by atoms with Crippen LogP contribution in [0.5, 0.6) is 0 Å². The van der Waals surface area contributed by atoms with Crippen LogP contribution >= 0.6 is 0 Å². The standard InChI is InChI=1S/C10H5N5O3S/c16-9-8-7(12-10(13-9)19(17)18)6(14-15-8)5-3-1-2-4-11-5/h1-4H,(H,13,16). The Morgan fingerprint density at radius 3 is 2.53 bits per heavy atom. The summed E-state index contributed by atoms with van der Waals surface area (Å²) in [5, 5.41) is 9.19. The number of rotatable bonds is 1. The fourth-order valence-electron chi connectivity index (χ4n) is 1.61. The van der Waals surface area contributed by atoms with Crippen LogP contribution in [0.3, 0.4) is 0 Å². The second kappa shape index (κ2) is 4.21. The van der Waals surface area contributed by atoms with Gasteiger partial charge in [0.1, 0.15) is 11.4 Å². The SMILES string of the molecule is O=C1NC(=S(=O)=O)N=C2C1=NN=C2c1ccccn1. The molecule has 2 aliphatic rings. The summed E-state index contributed by atoms with van der Waals surface area (Å²) >= 11 is 0. The summed E-state index contributed by atoms with van der Waals surface area (Å²) in [4.78, 5) is 19.6. The number of fused-ring (bicyclic) bond motifs is 1. The van der Waals surface area contributed by atoms with Crippen molar-refractivity contribution in [1.29, 1.82) is 0 Å². The van der Waals surface area contributed by atoms with Crippen LogP contribution in [0, 0.1) is 0 Å². The predicted molar refractivity (Wildman–Crippen MR) is 67.7 cm³/mol. The van der Waals surface area contributed by atoms with Gasteiger partial charge < -0.3 is 0 Å². The Morgan fingerprint density at radius 1 is 1.05 bits per heavy atom. The molecule has 0 saturated carbocycles. The molecule has 0 bridgehead atoms. The Labute approximate surface area is 108 Å². The summed E-state index contributed by atoms with van der Waals surface area (Å²) in [6.45, 7) is 0. The zero-order valence-electron chi connectivity index (χ0n) is 9.23. The van der Waals surface area contributed by atoms with Crippen molar-refractivity contribution in [2.75, 3.05) is 0 Å². The van der Waals surface area contributed by atoms with E-state index in [4.69, 9.17) is 0 Å². The molecule has 9 heteroatoms. The van der Waals surface area contributed by atoms with Gasteiger partial charge in [-0.25, -0.2) is 4.99 Å². The molecule has 0 saturated heterocycles. The van der Waals surface area contributed by atoms with E-state index >= 15 is 0 Å². The number of amides is 1. The second-order valence-corrected chi connectivity index (χ2v) is 4.42. The van der Waals surface area contributed by atoms with E-state index in [-0.39, 0.29) is 17.1 Å². The molecule has 19 heavy (non-hydrogen) atoms. The molecule has 0 fully saturated rings. The second-order valence-electron chi connectivity index (χ2n) is 3.57. The number of aliphatic imine (C=N–C) groups is 1. The van der Waals surface area contributed by atoms with Crippen LogP contribution in [-0.2, 0) is 15.1 Å². The molecule has 0 radical (unpaired) electrons. The lowest BCUT2D eigenvalue weighted by molar-refractivity contribution is -0.113. The molecule has 3 rings (SSSR count). The zero-order valence-corrected chi connectivity index (χ0v) is 10.0. The summed E-state index contributed by atoms with van der Waals surface area (Å²) in [7, 11) is -2.64. The number of hydrogen-bond donors (Lipinski definition) is 1. The van der Waals surface area contributed by atoms with E-state index in [2.05, 4.69) is 25.5 Å². The fraction of sp³-hybridized carbons (Fsp3) is 0. The fourth-order valence-corrected chi connectivity index (χ4v) is 1.95. The van der Waals surface area contributed by atoms with Crippen molar-refractivity contribution >= 4 is 38.4 Å². The minimum atomic E-state index is -2.64. The van der Waals surface area contributed by atoms with Gasteiger partial charge in [0.05, 0.1) is 5.69 Å². The van der Waals surface area contributed by atoms with Gasteiger partial charge in [-0.05, 0) is 12.1 Å². The molecule has 0 atom stereocenters. The van der Waals surface area contributed by atoms with Crippen LogP contribution in [0.4, 0.5) is 0 Å². The molecule has 1 aromatic rings. The van der Waals surface area contributed by atoms with Crippen LogP contribution in [0.1, 0.15) is 5.69 Å². The molecule has 0 spiro atoms. The van der Waals surface area contributed by atoms with Crippen LogP contribution < -0.4 is 5.32 Å². The molecule has 0 unspecified atom stereocenters. The lowest BCUT2D eigenvalue weighted by Gasteiger charge is -2.10. The highest BCUT2D eigenvalue weighted by Crippen LogP contribution is 2.10. The maximum atomic E-state index is 11.7. The number of hydrogen-bond acceptors (Lipinski definition) is 6. The number of aromatic nitrogens is 1. The molecule has 0 aromatic carbocycles. The topological polar surface area (TPSA) is 113 Å². The first-order valence-corrected chi connectivity index (χ1v) is 6.18. The van der Waals surface area contributed by atoms with Gasteiger partial charge in [-0.2, -0.15) is 8.42 Å². The molecule has 0 aliphatic carbocycles. The van der Waals surface area contributed by atoms with Gasteiger partial charge in [-0.1, -0.05) is 6.07 Å². The first-order valence-electron chi connectivity index (χ1n) is 5.11. The van der Waals surface area contributed by atoms with E-state index in [1.54, 1.807) is 24.4 Å². The molecule has 1 aromatic heterocycles. The Morgan fingerprint density at radius 2 is 1.84 bits per heavy atom. The third kappa shape index (κ3) is 1.85. The van der Waals surface area contributed by atoms with Gasteiger partial charge in [-0.3, -0.25) is 15.1 Å². The smallest absolute Gasteiger partial charge is 0.280 e. The van der Waals surface area contributed by atoms with Crippen LogP contribution in [0.25, 0.3) is 0 Å². The van der Waals surface area contributed by atoms with E-state index in [1.807, 2.05) is 0 Å². The van der Waals surface area contributed by atoms with E-state index in [0.717, 1.165) is 0 Å². The van der Waals surface area contributed by atoms with Gasteiger partial charge in [-0.15, -0.1) is 10.2 Å². The molecular weight excluding hydrogens is 270 g/mol. The number of nitrogens with zero attached hydrogens (tertiary/aromatic N) is 4. The summed E-state index contributed by atoms with van der Waals surface area (Å²) < 4.78 is 21.8. The lowest BCUT2D eigenvalue weighted by atomic mass is 10.1. The van der Waals surface area contributed by atoms with E-state index in [0.29, 0.717) is 5.69 Å². The van der Waals surface area contributed by atoms with Crippen LogP contribution in [-0.4, -0.2) is 41.6 Å². The van der Waals surface area contributed by atoms with Crippen molar-refractivity contribution in [2.24, 2.45) is 15.2 Å². The Hall–Kier alpha value is -2.68. The highest BCUT2D eigenvalue weighted by Gasteiger charge is 2.34. The van der Waals surface area contributed by atoms with Gasteiger partial charge in [0.2, 0.25) is 0 Å². The van der Waals surface area contributed by atoms with E-state index in [1.165, 1.54) is 0 Å². The predicted octanol–water partition coefficient (Wildman–Crippen LogP) is -1.22. The monoisotopic (exact) mass is 275 g/mol. The maximum absolute atomic E-state index is 11.7. The Kier molecular flexibility index (Phi) is 2.53. The number of carbonyl (C=O) groups excluding carboxylic acids is 1. The van der Waals surface area contributed by atoms with Crippen molar-refractivity contribution in [2.45, 2.75) is 0 Å². The highest BCUT2D eigenvalue weighted by atomic mass is 32.2. The average Bonchev–Trinajstić information content (AvgIpc) is 2.84. The minimum absolute atomic E-state index is 0.0187. The first kappa shape index (κ1) is 11.4. The molecule has 1 amide bonds. The molecule has 2 aliphatic heterocycles. The quantitative estimate of drug-likeness (QED) is 0.647. The number of nitrogens with one attached hydrogen (secondary N) is 1. The van der Waals surface area contributed by atoms with Gasteiger partial charge >= 0.3 is 0 Å². The van der Waals surface area contributed by atoms with Crippen LogP contribution in [0.15, 0.2) is 39.6 Å². The molecular formula is C10H5N5O3S. The van der Waals surface area contributed by atoms with Crippen molar-refractivity contribution in [3.8, 4) is 0 Å². The van der Waals surface area contributed by atoms with Crippen molar-refractivity contribution in [1.82, 2.24) is 10.3 Å². The Balaban J connectivity index is 2.15. The normalized spacial score (nSPS) is 17.2. The summed E-state index contributed by atoms with van der Waals surface area (Å²) in [6.07, 6.45) is 1.55. The van der Waals surface area contributed by atoms with E-state index < -0.39 is 21.3 Å². The zero-order chi connectivity index (χ0) is 13.4. The van der Waals surface area contributed by atoms with Crippen LogP contribution in [0.2, 0.25) is 0 Å². The first-order chi connectivity index (χ1) is 9.16. The summed E-state index contributed by atoms with van der Waals surface area (Å²) in [5.74, 6) is -0.654. The van der Waals surface area contributed by atoms with E-state index in [9.17, 15) is 13.2 Å². The Bertz CT molecular complexity index is 797. The minimum Gasteiger partial charge on any atom is -0.292 e. The molecule has 8 nitrogen and oxygen atoms in total. The molecule has 3 heterocycles. The molecule has 1 N–H and O–H groups in total. The van der Waals surface area contributed by atoms with Gasteiger partial charge in [0.15, 0.2) is 5.71 Å². The van der Waals surface area contributed by atoms with Gasteiger partial charge in [0.25, 0.3) is 21.3 Å². The van der Waals surface area contributed by atoms with Gasteiger partial charge in [0, 0.05) is 6.20 Å². The maximum Gasteiger partial charge on any atom is 0.280 e. The largest absolute Gasteiger partial charge is 0.292 e. The number of pyridine rings is 1. The summed E-state index contributed by atoms with van der Waals surface area (Å²) in [5.41, 5.74) is 0.829. The van der Waals surface area contributed by atoms with Crippen molar-refractivity contribution < 1.29 is 13.2 Å². The van der Waals surface area contributed by atoms with Crippen molar-refractivity contribution in [3.63, 3.8) is 0 Å². The lowest BCUT2D eigenvalue weighted by Crippen LogP contribution is -2.45. The summed E-state index contributed by atoms with van der Waals surface area (Å²) in [6, 6.07) is 5.13. The number of carbonyl (C=O) groups is 1. The van der Waals surface area contributed by atoms with Crippen molar-refractivity contribution in [3.05, 3.63) is 30.1 Å². The molecule has 94 valence electrons. The highest BCUT2D eigenvalue weighted by molar-refractivity contribution is 7.73. The average molecular weight is 275 g/mol.